The molecule has 0 unspecified atom stereocenters. The van der Waals surface area contributed by atoms with E-state index in [0.717, 1.165) is 31.6 Å². The van der Waals surface area contributed by atoms with E-state index in [1.807, 2.05) is 23.1 Å². The van der Waals surface area contributed by atoms with Crippen LogP contribution >= 0.6 is 0 Å². The molecule has 6 nitrogen and oxygen atoms in total. The molecule has 1 saturated carbocycles. The van der Waals surface area contributed by atoms with Gasteiger partial charge in [0.2, 0.25) is 11.8 Å². The third-order valence-electron chi connectivity index (χ3n) is 4.08. The predicted molar refractivity (Wildman–Crippen MR) is 87.5 cm³/mol. The summed E-state index contributed by atoms with van der Waals surface area (Å²) in [5.41, 5.74) is 0.774. The van der Waals surface area contributed by atoms with Crippen molar-refractivity contribution < 1.29 is 9.59 Å². The molecule has 1 saturated heterocycles. The first-order chi connectivity index (χ1) is 11.2. The summed E-state index contributed by atoms with van der Waals surface area (Å²) < 4.78 is 0. The molecule has 1 aromatic heterocycles. The summed E-state index contributed by atoms with van der Waals surface area (Å²) in [4.78, 5) is 32.0. The van der Waals surface area contributed by atoms with Gasteiger partial charge in [-0.25, -0.2) is 0 Å². The van der Waals surface area contributed by atoms with Gasteiger partial charge in [-0.15, -0.1) is 0 Å². The summed E-state index contributed by atoms with van der Waals surface area (Å²) in [6.45, 7) is 3.22. The zero-order chi connectivity index (χ0) is 16.1. The third-order valence-corrected chi connectivity index (χ3v) is 4.08. The second-order valence-corrected chi connectivity index (χ2v) is 6.03. The van der Waals surface area contributed by atoms with E-state index < -0.39 is 0 Å². The van der Waals surface area contributed by atoms with Crippen LogP contribution < -0.4 is 5.32 Å². The monoisotopic (exact) mass is 314 g/mol. The Morgan fingerprint density at radius 2 is 2.00 bits per heavy atom. The summed E-state index contributed by atoms with van der Waals surface area (Å²) in [6, 6.07) is 6.00. The SMILES string of the molecule is O=C(CN1CCN(C(=O)/C=C/c2ccccn2)CC1)NC1CC1. The fourth-order valence-electron chi connectivity index (χ4n) is 2.57. The van der Waals surface area contributed by atoms with Crippen molar-refractivity contribution in [2.45, 2.75) is 18.9 Å². The number of piperazine rings is 1. The van der Waals surface area contributed by atoms with Gasteiger partial charge in [-0.2, -0.15) is 0 Å². The van der Waals surface area contributed by atoms with Crippen molar-refractivity contribution in [3.8, 4) is 0 Å². The number of rotatable bonds is 5. The molecule has 2 heterocycles. The Morgan fingerprint density at radius 1 is 1.22 bits per heavy atom. The Hall–Kier alpha value is -2.21. The van der Waals surface area contributed by atoms with E-state index in [-0.39, 0.29) is 11.8 Å². The second-order valence-electron chi connectivity index (χ2n) is 6.03. The molecule has 0 bridgehead atoms. The summed E-state index contributed by atoms with van der Waals surface area (Å²) >= 11 is 0. The molecule has 122 valence electrons. The van der Waals surface area contributed by atoms with Crippen LogP contribution in [-0.4, -0.2) is 65.4 Å². The minimum absolute atomic E-state index is 0.00210. The number of hydrogen-bond donors (Lipinski definition) is 1. The average Bonchev–Trinajstić information content (AvgIpc) is 3.38. The molecule has 3 rings (SSSR count). The fourth-order valence-corrected chi connectivity index (χ4v) is 2.57. The van der Waals surface area contributed by atoms with Gasteiger partial charge >= 0.3 is 0 Å². The van der Waals surface area contributed by atoms with Crippen LogP contribution in [0.5, 0.6) is 0 Å². The van der Waals surface area contributed by atoms with E-state index in [0.29, 0.717) is 25.7 Å². The van der Waals surface area contributed by atoms with Crippen molar-refractivity contribution in [2.24, 2.45) is 0 Å². The van der Waals surface area contributed by atoms with Gasteiger partial charge < -0.3 is 10.2 Å². The molecule has 2 fully saturated rings. The predicted octanol–water partition coefficient (Wildman–Crippen LogP) is 0.518. The number of nitrogens with one attached hydrogen (secondary N) is 1. The van der Waals surface area contributed by atoms with Crippen molar-refractivity contribution in [3.05, 3.63) is 36.2 Å². The highest BCUT2D eigenvalue weighted by atomic mass is 16.2. The van der Waals surface area contributed by atoms with Crippen LogP contribution in [0, 0.1) is 0 Å². The highest BCUT2D eigenvalue weighted by molar-refractivity contribution is 5.91. The van der Waals surface area contributed by atoms with Gasteiger partial charge in [0, 0.05) is 44.5 Å². The molecular weight excluding hydrogens is 292 g/mol. The van der Waals surface area contributed by atoms with Gasteiger partial charge in [0.05, 0.1) is 12.2 Å². The van der Waals surface area contributed by atoms with Crippen molar-refractivity contribution in [3.63, 3.8) is 0 Å². The third kappa shape index (κ3) is 4.89. The van der Waals surface area contributed by atoms with E-state index >= 15 is 0 Å². The Balaban J connectivity index is 1.42. The molecule has 0 aromatic carbocycles. The fraction of sp³-hybridized carbons (Fsp3) is 0.471. The highest BCUT2D eigenvalue weighted by Crippen LogP contribution is 2.18. The number of carbonyl (C=O) groups is 2. The second kappa shape index (κ2) is 7.37. The largest absolute Gasteiger partial charge is 0.352 e. The molecule has 0 atom stereocenters. The lowest BCUT2D eigenvalue weighted by Crippen LogP contribution is -2.51. The van der Waals surface area contributed by atoms with Gasteiger partial charge in [-0.05, 0) is 31.1 Å². The molecule has 0 spiro atoms. The first-order valence-electron chi connectivity index (χ1n) is 8.10. The van der Waals surface area contributed by atoms with Gasteiger partial charge in [0.15, 0.2) is 0 Å². The maximum absolute atomic E-state index is 12.2. The summed E-state index contributed by atoms with van der Waals surface area (Å²) in [7, 11) is 0. The van der Waals surface area contributed by atoms with E-state index in [9.17, 15) is 9.59 Å². The lowest BCUT2D eigenvalue weighted by atomic mass is 10.2. The molecular formula is C17H22N4O2. The number of aromatic nitrogens is 1. The molecule has 1 aromatic rings. The van der Waals surface area contributed by atoms with Crippen LogP contribution in [-0.2, 0) is 9.59 Å². The first-order valence-corrected chi connectivity index (χ1v) is 8.10. The van der Waals surface area contributed by atoms with Crippen LogP contribution in [0.25, 0.3) is 6.08 Å². The Morgan fingerprint density at radius 3 is 2.65 bits per heavy atom. The quantitative estimate of drug-likeness (QED) is 0.805. The van der Waals surface area contributed by atoms with E-state index in [2.05, 4.69) is 15.2 Å². The zero-order valence-corrected chi connectivity index (χ0v) is 13.1. The van der Waals surface area contributed by atoms with Gasteiger partial charge in [-0.3, -0.25) is 19.5 Å². The first kappa shape index (κ1) is 15.7. The number of hydrogen-bond acceptors (Lipinski definition) is 4. The van der Waals surface area contributed by atoms with Crippen LogP contribution in [0.15, 0.2) is 30.5 Å². The Kier molecular flexibility index (Phi) is 5.02. The summed E-state index contributed by atoms with van der Waals surface area (Å²) in [6.07, 6.45) is 7.22. The topological polar surface area (TPSA) is 65.5 Å². The van der Waals surface area contributed by atoms with E-state index in [4.69, 9.17) is 0 Å². The standard InChI is InChI=1S/C17H22N4O2/c22-16(19-15-4-5-15)13-20-9-11-21(12-10-20)17(23)7-6-14-3-1-2-8-18-14/h1-3,6-8,15H,4-5,9-13H2,(H,19,22)/b7-6+. The van der Waals surface area contributed by atoms with E-state index in [1.165, 1.54) is 0 Å². The van der Waals surface area contributed by atoms with Crippen LogP contribution in [0.3, 0.4) is 0 Å². The molecule has 0 radical (unpaired) electrons. The lowest BCUT2D eigenvalue weighted by Gasteiger charge is -2.33. The zero-order valence-electron chi connectivity index (χ0n) is 13.1. The Labute approximate surface area is 136 Å². The van der Waals surface area contributed by atoms with Crippen LogP contribution in [0.2, 0.25) is 0 Å². The highest BCUT2D eigenvalue weighted by Gasteiger charge is 2.25. The number of carbonyl (C=O) groups excluding carboxylic acids is 2. The van der Waals surface area contributed by atoms with Gasteiger partial charge in [0.1, 0.15) is 0 Å². The smallest absolute Gasteiger partial charge is 0.246 e. The van der Waals surface area contributed by atoms with Gasteiger partial charge in [-0.1, -0.05) is 6.07 Å². The minimum atomic E-state index is -0.00210. The van der Waals surface area contributed by atoms with Crippen molar-refractivity contribution >= 4 is 17.9 Å². The van der Waals surface area contributed by atoms with Crippen molar-refractivity contribution in [2.75, 3.05) is 32.7 Å². The lowest BCUT2D eigenvalue weighted by molar-refractivity contribution is -0.128. The molecule has 1 N–H and O–H groups in total. The molecule has 6 heteroatoms. The molecule has 23 heavy (non-hydrogen) atoms. The summed E-state index contributed by atoms with van der Waals surface area (Å²) in [5, 5.41) is 2.99. The number of pyridine rings is 1. The molecule has 1 aliphatic heterocycles. The Bertz CT molecular complexity index is 576. The minimum Gasteiger partial charge on any atom is -0.352 e. The van der Waals surface area contributed by atoms with Gasteiger partial charge in [0.25, 0.3) is 0 Å². The number of nitrogens with zero attached hydrogens (tertiary/aromatic N) is 3. The maximum atomic E-state index is 12.2. The summed E-state index contributed by atoms with van der Waals surface area (Å²) in [5.74, 6) is 0.0973. The van der Waals surface area contributed by atoms with Crippen LogP contribution in [0.1, 0.15) is 18.5 Å². The number of amides is 2. The molecule has 2 amide bonds. The maximum Gasteiger partial charge on any atom is 0.246 e. The van der Waals surface area contributed by atoms with Crippen molar-refractivity contribution in [1.29, 1.82) is 0 Å². The van der Waals surface area contributed by atoms with E-state index in [1.54, 1.807) is 18.3 Å². The average molecular weight is 314 g/mol. The van der Waals surface area contributed by atoms with Crippen molar-refractivity contribution in [1.82, 2.24) is 20.1 Å². The van der Waals surface area contributed by atoms with Crippen LogP contribution in [0.4, 0.5) is 0 Å². The normalized spacial score (nSPS) is 19.0. The molecule has 2 aliphatic rings. The molecule has 1 aliphatic carbocycles.